The summed E-state index contributed by atoms with van der Waals surface area (Å²) < 4.78 is 0. The van der Waals surface area contributed by atoms with Crippen LogP contribution >= 0.6 is 0 Å². The molecular weight excluding hydrogens is 150 g/mol. The number of hydrogen-bond acceptors (Lipinski definition) is 3. The SMILES string of the molecule is CC(=O)O.O=C1CCNC1=O. The third kappa shape index (κ3) is 5.07. The average Bonchev–Trinajstić information content (AvgIpc) is 2.15. The first-order valence-corrected chi connectivity index (χ1v) is 3.04. The van der Waals surface area contributed by atoms with Gasteiger partial charge in [0, 0.05) is 19.9 Å². The van der Waals surface area contributed by atoms with Crippen molar-refractivity contribution in [2.24, 2.45) is 0 Å². The quantitative estimate of drug-likeness (QED) is 0.452. The molecule has 1 fully saturated rings. The average molecular weight is 159 g/mol. The Balaban J connectivity index is 0.000000218. The zero-order chi connectivity index (χ0) is 8.85. The molecule has 0 aromatic heterocycles. The van der Waals surface area contributed by atoms with E-state index in [1.54, 1.807) is 0 Å². The largest absolute Gasteiger partial charge is 0.481 e. The van der Waals surface area contributed by atoms with E-state index in [2.05, 4.69) is 5.32 Å². The fraction of sp³-hybridized carbons (Fsp3) is 0.500. The number of carboxylic acids is 1. The Morgan fingerprint density at radius 3 is 2.09 bits per heavy atom. The van der Waals surface area contributed by atoms with E-state index in [0.29, 0.717) is 13.0 Å². The fourth-order valence-corrected chi connectivity index (χ4v) is 0.502. The highest BCUT2D eigenvalue weighted by molar-refractivity contribution is 6.37. The summed E-state index contributed by atoms with van der Waals surface area (Å²) in [6, 6.07) is 0. The highest BCUT2D eigenvalue weighted by Crippen LogP contribution is 1.88. The minimum atomic E-state index is -0.833. The van der Waals surface area contributed by atoms with Crippen LogP contribution in [0.5, 0.6) is 0 Å². The first-order chi connectivity index (χ1) is 5.04. The maximum Gasteiger partial charge on any atom is 0.300 e. The number of aliphatic carboxylic acids is 1. The number of Topliss-reactive ketones (excluding diaryl/α,β-unsaturated/α-hetero) is 1. The lowest BCUT2D eigenvalue weighted by Gasteiger charge is -1.78. The van der Waals surface area contributed by atoms with Crippen molar-refractivity contribution < 1.29 is 19.5 Å². The number of nitrogens with one attached hydrogen (secondary N) is 1. The van der Waals surface area contributed by atoms with Crippen LogP contribution in [0, 0.1) is 0 Å². The lowest BCUT2D eigenvalue weighted by Crippen LogP contribution is -2.18. The Morgan fingerprint density at radius 1 is 1.55 bits per heavy atom. The normalized spacial score (nSPS) is 15.0. The van der Waals surface area contributed by atoms with E-state index in [0.717, 1.165) is 6.92 Å². The smallest absolute Gasteiger partial charge is 0.300 e. The molecule has 11 heavy (non-hydrogen) atoms. The van der Waals surface area contributed by atoms with Crippen molar-refractivity contribution in [1.29, 1.82) is 0 Å². The molecule has 1 aliphatic heterocycles. The molecule has 1 aliphatic rings. The van der Waals surface area contributed by atoms with Gasteiger partial charge in [-0.15, -0.1) is 0 Å². The van der Waals surface area contributed by atoms with Crippen molar-refractivity contribution in [2.75, 3.05) is 6.54 Å². The monoisotopic (exact) mass is 159 g/mol. The Labute approximate surface area is 63.4 Å². The Kier molecular flexibility index (Phi) is 3.87. The number of carboxylic acid groups (broad SMARTS) is 1. The molecule has 1 saturated heterocycles. The molecule has 0 saturated carbocycles. The molecule has 1 amide bonds. The molecule has 0 unspecified atom stereocenters. The van der Waals surface area contributed by atoms with Crippen LogP contribution < -0.4 is 5.32 Å². The first kappa shape index (κ1) is 9.61. The molecule has 5 heteroatoms. The molecule has 0 aromatic carbocycles. The minimum Gasteiger partial charge on any atom is -0.481 e. The van der Waals surface area contributed by atoms with Gasteiger partial charge < -0.3 is 10.4 Å². The van der Waals surface area contributed by atoms with Crippen molar-refractivity contribution in [3.05, 3.63) is 0 Å². The summed E-state index contributed by atoms with van der Waals surface area (Å²) in [5.74, 6) is -1.56. The summed E-state index contributed by atoms with van der Waals surface area (Å²) in [5.41, 5.74) is 0. The maximum absolute atomic E-state index is 10.2. The van der Waals surface area contributed by atoms with E-state index in [4.69, 9.17) is 9.90 Å². The molecule has 5 nitrogen and oxygen atoms in total. The van der Waals surface area contributed by atoms with Crippen LogP contribution in [-0.2, 0) is 14.4 Å². The van der Waals surface area contributed by atoms with Crippen LogP contribution in [0.25, 0.3) is 0 Å². The van der Waals surface area contributed by atoms with Crippen LogP contribution in [-0.4, -0.2) is 29.3 Å². The van der Waals surface area contributed by atoms with Gasteiger partial charge in [-0.1, -0.05) is 0 Å². The number of carbonyl (C=O) groups is 3. The summed E-state index contributed by atoms with van der Waals surface area (Å²) in [6.07, 6.45) is 0.374. The molecule has 0 atom stereocenters. The zero-order valence-corrected chi connectivity index (χ0v) is 6.09. The summed E-state index contributed by atoms with van der Waals surface area (Å²) in [4.78, 5) is 29.3. The lowest BCUT2D eigenvalue weighted by molar-refractivity contribution is -0.135. The van der Waals surface area contributed by atoms with Gasteiger partial charge in [-0.25, -0.2) is 0 Å². The van der Waals surface area contributed by atoms with E-state index in [9.17, 15) is 9.59 Å². The molecule has 0 bridgehead atoms. The molecule has 1 rings (SSSR count). The molecular formula is C6H9NO4. The molecule has 0 radical (unpaired) electrons. The van der Waals surface area contributed by atoms with Crippen molar-refractivity contribution in [1.82, 2.24) is 5.32 Å². The molecule has 1 heterocycles. The van der Waals surface area contributed by atoms with Gasteiger partial charge in [0.2, 0.25) is 5.78 Å². The predicted octanol–water partition coefficient (Wildman–Crippen LogP) is -0.834. The van der Waals surface area contributed by atoms with Crippen LogP contribution in [0.2, 0.25) is 0 Å². The van der Waals surface area contributed by atoms with Gasteiger partial charge in [0.1, 0.15) is 0 Å². The second kappa shape index (κ2) is 4.43. The van der Waals surface area contributed by atoms with Gasteiger partial charge in [0.15, 0.2) is 0 Å². The maximum atomic E-state index is 10.2. The zero-order valence-electron chi connectivity index (χ0n) is 6.09. The number of amides is 1. The summed E-state index contributed by atoms with van der Waals surface area (Å²) >= 11 is 0. The molecule has 2 N–H and O–H groups in total. The van der Waals surface area contributed by atoms with Crippen molar-refractivity contribution in [3.63, 3.8) is 0 Å². The summed E-state index contributed by atoms with van der Waals surface area (Å²) in [7, 11) is 0. The standard InChI is InChI=1S/C4H5NO2.C2H4O2/c6-3-1-2-5-4(3)7;1-2(3)4/h1-2H2,(H,5,7);1H3,(H,3,4). The Hall–Kier alpha value is -1.39. The van der Waals surface area contributed by atoms with E-state index < -0.39 is 11.9 Å². The Bertz CT molecular complexity index is 169. The predicted molar refractivity (Wildman–Crippen MR) is 35.9 cm³/mol. The van der Waals surface area contributed by atoms with Crippen molar-refractivity contribution in [2.45, 2.75) is 13.3 Å². The number of hydrogen-bond donors (Lipinski definition) is 2. The van der Waals surface area contributed by atoms with Crippen LogP contribution in [0.4, 0.5) is 0 Å². The van der Waals surface area contributed by atoms with Gasteiger partial charge >= 0.3 is 0 Å². The van der Waals surface area contributed by atoms with E-state index in [-0.39, 0.29) is 5.78 Å². The van der Waals surface area contributed by atoms with Crippen LogP contribution in [0.3, 0.4) is 0 Å². The van der Waals surface area contributed by atoms with E-state index >= 15 is 0 Å². The van der Waals surface area contributed by atoms with Crippen LogP contribution in [0.1, 0.15) is 13.3 Å². The van der Waals surface area contributed by atoms with Crippen molar-refractivity contribution in [3.8, 4) is 0 Å². The summed E-state index contributed by atoms with van der Waals surface area (Å²) in [5, 5.41) is 9.80. The minimum absolute atomic E-state index is 0.292. The molecule has 0 aliphatic carbocycles. The van der Waals surface area contributed by atoms with Gasteiger partial charge in [-0.2, -0.15) is 0 Å². The van der Waals surface area contributed by atoms with Gasteiger partial charge in [0.05, 0.1) is 0 Å². The van der Waals surface area contributed by atoms with Crippen LogP contribution in [0.15, 0.2) is 0 Å². The lowest BCUT2D eigenvalue weighted by atomic mass is 10.3. The number of rotatable bonds is 0. The third-order valence-electron chi connectivity index (χ3n) is 0.891. The van der Waals surface area contributed by atoms with Gasteiger partial charge in [-0.3, -0.25) is 14.4 Å². The van der Waals surface area contributed by atoms with E-state index in [1.807, 2.05) is 0 Å². The molecule has 0 spiro atoms. The second-order valence-electron chi connectivity index (χ2n) is 1.95. The van der Waals surface area contributed by atoms with Crippen molar-refractivity contribution >= 4 is 17.7 Å². The fourth-order valence-electron chi connectivity index (χ4n) is 0.502. The molecule has 62 valence electrons. The third-order valence-corrected chi connectivity index (χ3v) is 0.891. The highest BCUT2D eigenvalue weighted by Gasteiger charge is 2.18. The second-order valence-corrected chi connectivity index (χ2v) is 1.95. The number of ketones is 1. The highest BCUT2D eigenvalue weighted by atomic mass is 16.4. The van der Waals surface area contributed by atoms with Gasteiger partial charge in [-0.05, 0) is 0 Å². The Morgan fingerprint density at radius 2 is 2.00 bits per heavy atom. The number of carbonyl (C=O) groups excluding carboxylic acids is 2. The first-order valence-electron chi connectivity index (χ1n) is 3.04. The van der Waals surface area contributed by atoms with Gasteiger partial charge in [0.25, 0.3) is 11.9 Å². The summed E-state index contributed by atoms with van der Waals surface area (Å²) in [6.45, 7) is 1.61. The molecule has 0 aromatic rings. The topological polar surface area (TPSA) is 83.5 Å². The van der Waals surface area contributed by atoms with E-state index in [1.165, 1.54) is 0 Å².